The second-order valence-electron chi connectivity index (χ2n) is 5.58. The molecule has 1 saturated heterocycles. The van der Waals surface area contributed by atoms with E-state index in [1.54, 1.807) is 11.8 Å². The summed E-state index contributed by atoms with van der Waals surface area (Å²) < 4.78 is 5.47. The summed E-state index contributed by atoms with van der Waals surface area (Å²) in [6, 6.07) is 18.2. The summed E-state index contributed by atoms with van der Waals surface area (Å²) in [5, 5.41) is 0.0909. The van der Waals surface area contributed by atoms with E-state index in [2.05, 4.69) is 12.1 Å². The number of carbonyl (C=O) groups excluding carboxylic acids is 1. The van der Waals surface area contributed by atoms with Gasteiger partial charge in [0.25, 0.3) is 0 Å². The van der Waals surface area contributed by atoms with Crippen molar-refractivity contribution in [1.82, 2.24) is 4.90 Å². The van der Waals surface area contributed by atoms with Gasteiger partial charge < -0.3 is 9.64 Å². The van der Waals surface area contributed by atoms with E-state index < -0.39 is 0 Å². The maximum Gasteiger partial charge on any atom is 0.236 e. The number of benzene rings is 2. The van der Waals surface area contributed by atoms with Gasteiger partial charge in [-0.1, -0.05) is 42.5 Å². The Kier molecular flexibility index (Phi) is 4.91. The first-order chi connectivity index (χ1) is 11.2. The van der Waals surface area contributed by atoms with Crippen molar-refractivity contribution >= 4 is 17.7 Å². The lowest BCUT2D eigenvalue weighted by molar-refractivity contribution is -0.130. The van der Waals surface area contributed by atoms with E-state index in [0.29, 0.717) is 13.2 Å². The molecule has 1 fully saturated rings. The molecule has 23 heavy (non-hydrogen) atoms. The lowest BCUT2D eigenvalue weighted by Gasteiger charge is -2.24. The predicted molar refractivity (Wildman–Crippen MR) is 94.4 cm³/mol. The Morgan fingerprint density at radius 1 is 1.09 bits per heavy atom. The molecule has 1 amide bonds. The fourth-order valence-corrected chi connectivity index (χ4v) is 4.04. The highest BCUT2D eigenvalue weighted by Crippen LogP contribution is 2.43. The van der Waals surface area contributed by atoms with Crippen molar-refractivity contribution in [2.75, 3.05) is 6.61 Å². The zero-order valence-corrected chi connectivity index (χ0v) is 14.3. The number of thioether (sulfide) groups is 1. The summed E-state index contributed by atoms with van der Waals surface area (Å²) in [6.45, 7) is 5.25. The minimum atomic E-state index is 0.00269. The van der Waals surface area contributed by atoms with Crippen molar-refractivity contribution in [1.29, 1.82) is 0 Å². The van der Waals surface area contributed by atoms with E-state index in [-0.39, 0.29) is 16.5 Å². The van der Waals surface area contributed by atoms with Crippen LogP contribution in [0.25, 0.3) is 0 Å². The summed E-state index contributed by atoms with van der Waals surface area (Å²) in [5.41, 5.74) is 2.30. The quantitative estimate of drug-likeness (QED) is 0.822. The summed E-state index contributed by atoms with van der Waals surface area (Å²) >= 11 is 1.72. The van der Waals surface area contributed by atoms with Crippen LogP contribution in [-0.4, -0.2) is 22.7 Å². The molecule has 0 aromatic heterocycles. The maximum absolute atomic E-state index is 12.5. The van der Waals surface area contributed by atoms with Gasteiger partial charge in [-0.2, -0.15) is 0 Å². The third-order valence-corrected chi connectivity index (χ3v) is 5.31. The molecule has 0 N–H and O–H groups in total. The Balaban J connectivity index is 1.79. The van der Waals surface area contributed by atoms with Gasteiger partial charge in [0.15, 0.2) is 0 Å². The van der Waals surface area contributed by atoms with Gasteiger partial charge in [0.05, 0.1) is 11.9 Å². The zero-order chi connectivity index (χ0) is 16.2. The molecule has 120 valence electrons. The van der Waals surface area contributed by atoms with Crippen LogP contribution in [0.2, 0.25) is 0 Å². The second-order valence-corrected chi connectivity index (χ2v) is 7.01. The molecule has 0 saturated carbocycles. The Morgan fingerprint density at radius 3 is 2.43 bits per heavy atom. The smallest absolute Gasteiger partial charge is 0.236 e. The van der Waals surface area contributed by atoms with Crippen molar-refractivity contribution in [2.45, 2.75) is 31.0 Å². The van der Waals surface area contributed by atoms with E-state index in [9.17, 15) is 4.79 Å². The highest BCUT2D eigenvalue weighted by molar-refractivity contribution is 8.01. The van der Waals surface area contributed by atoms with Crippen molar-refractivity contribution in [2.24, 2.45) is 0 Å². The Bertz CT molecular complexity index is 657. The molecule has 2 aromatic rings. The van der Waals surface area contributed by atoms with E-state index >= 15 is 0 Å². The van der Waals surface area contributed by atoms with Gasteiger partial charge in [-0.25, -0.2) is 0 Å². The van der Waals surface area contributed by atoms with Crippen molar-refractivity contribution < 1.29 is 9.53 Å². The molecular weight excluding hydrogens is 306 g/mol. The minimum Gasteiger partial charge on any atom is -0.494 e. The van der Waals surface area contributed by atoms with Gasteiger partial charge in [-0.15, -0.1) is 11.8 Å². The third-order valence-electron chi connectivity index (χ3n) is 3.92. The fraction of sp³-hybridized carbons (Fsp3) is 0.316. The number of amides is 1. The summed E-state index contributed by atoms with van der Waals surface area (Å²) in [4.78, 5) is 14.5. The van der Waals surface area contributed by atoms with Gasteiger partial charge in [0.2, 0.25) is 5.91 Å². The SMILES string of the molecule is CCOc1ccc(CN2C(=O)C(C)SC2c2ccccc2)cc1. The fourth-order valence-electron chi connectivity index (χ4n) is 2.77. The number of carbonyl (C=O) groups is 1. The first kappa shape index (κ1) is 15.9. The Labute approximate surface area is 141 Å². The lowest BCUT2D eigenvalue weighted by atomic mass is 10.1. The van der Waals surface area contributed by atoms with Crippen LogP contribution in [0.5, 0.6) is 5.75 Å². The topological polar surface area (TPSA) is 29.5 Å². The number of hydrogen-bond donors (Lipinski definition) is 0. The first-order valence-corrected chi connectivity index (χ1v) is 8.86. The van der Waals surface area contributed by atoms with Crippen LogP contribution in [0, 0.1) is 0 Å². The van der Waals surface area contributed by atoms with Crippen LogP contribution in [-0.2, 0) is 11.3 Å². The number of rotatable bonds is 5. The number of ether oxygens (including phenoxy) is 1. The van der Waals surface area contributed by atoms with E-state index in [1.807, 2.05) is 61.2 Å². The molecular formula is C19H21NO2S. The lowest BCUT2D eigenvalue weighted by Crippen LogP contribution is -2.29. The van der Waals surface area contributed by atoms with Crippen LogP contribution in [0.15, 0.2) is 54.6 Å². The summed E-state index contributed by atoms with van der Waals surface area (Å²) in [7, 11) is 0. The van der Waals surface area contributed by atoms with Gasteiger partial charge >= 0.3 is 0 Å². The summed E-state index contributed by atoms with van der Waals surface area (Å²) in [5.74, 6) is 1.07. The normalized spacial score (nSPS) is 20.8. The van der Waals surface area contributed by atoms with Crippen LogP contribution >= 0.6 is 11.8 Å². The van der Waals surface area contributed by atoms with Crippen LogP contribution in [0.4, 0.5) is 0 Å². The number of nitrogens with zero attached hydrogens (tertiary/aromatic N) is 1. The van der Waals surface area contributed by atoms with Crippen LogP contribution < -0.4 is 4.74 Å². The number of hydrogen-bond acceptors (Lipinski definition) is 3. The maximum atomic E-state index is 12.5. The van der Waals surface area contributed by atoms with Crippen molar-refractivity contribution in [3.05, 3.63) is 65.7 Å². The average molecular weight is 327 g/mol. The molecule has 0 spiro atoms. The molecule has 3 rings (SSSR count). The molecule has 2 atom stereocenters. The molecule has 1 aliphatic rings. The molecule has 0 aliphatic carbocycles. The molecule has 1 aliphatic heterocycles. The van der Waals surface area contributed by atoms with Crippen molar-refractivity contribution in [3.8, 4) is 5.75 Å². The molecule has 3 nitrogen and oxygen atoms in total. The second kappa shape index (κ2) is 7.09. The van der Waals surface area contributed by atoms with E-state index in [4.69, 9.17) is 4.74 Å². The van der Waals surface area contributed by atoms with E-state index in [1.165, 1.54) is 5.56 Å². The summed E-state index contributed by atoms with van der Waals surface area (Å²) in [6.07, 6.45) is 0. The monoisotopic (exact) mass is 327 g/mol. The van der Waals surface area contributed by atoms with Gasteiger partial charge in [-0.05, 0) is 37.1 Å². The van der Waals surface area contributed by atoms with Gasteiger partial charge in [0, 0.05) is 6.54 Å². The van der Waals surface area contributed by atoms with Crippen molar-refractivity contribution in [3.63, 3.8) is 0 Å². The molecule has 1 heterocycles. The molecule has 2 unspecified atom stereocenters. The highest BCUT2D eigenvalue weighted by atomic mass is 32.2. The molecule has 4 heteroatoms. The minimum absolute atomic E-state index is 0.00269. The van der Waals surface area contributed by atoms with Crippen LogP contribution in [0.1, 0.15) is 30.3 Å². The average Bonchev–Trinajstić information content (AvgIpc) is 2.86. The largest absolute Gasteiger partial charge is 0.494 e. The van der Waals surface area contributed by atoms with Gasteiger partial charge in [0.1, 0.15) is 11.1 Å². The Hall–Kier alpha value is -1.94. The van der Waals surface area contributed by atoms with Gasteiger partial charge in [-0.3, -0.25) is 4.79 Å². The Morgan fingerprint density at radius 2 is 1.78 bits per heavy atom. The predicted octanol–water partition coefficient (Wildman–Crippen LogP) is 4.25. The molecule has 0 radical (unpaired) electrons. The third kappa shape index (κ3) is 3.53. The molecule has 2 aromatic carbocycles. The van der Waals surface area contributed by atoms with E-state index in [0.717, 1.165) is 11.3 Å². The zero-order valence-electron chi connectivity index (χ0n) is 13.4. The first-order valence-electron chi connectivity index (χ1n) is 7.91. The highest BCUT2D eigenvalue weighted by Gasteiger charge is 2.38. The standard InChI is InChI=1S/C19H21NO2S/c1-3-22-17-11-9-15(10-12-17)13-20-18(21)14(2)23-19(20)16-7-5-4-6-8-16/h4-12,14,19H,3,13H2,1-2H3. The van der Waals surface area contributed by atoms with Crippen LogP contribution in [0.3, 0.4) is 0 Å². The molecule has 0 bridgehead atoms.